The summed E-state index contributed by atoms with van der Waals surface area (Å²) in [6.45, 7) is 5.04. The van der Waals surface area contributed by atoms with E-state index in [1.165, 1.54) is 14.2 Å². The number of Topliss-reactive ketones (excluding diaryl/α,β-unsaturated/α-hetero) is 1. The Balaban J connectivity index is 1.35. The molecule has 0 aromatic heterocycles. The Labute approximate surface area is 242 Å². The Morgan fingerprint density at radius 3 is 1.86 bits per heavy atom. The van der Waals surface area contributed by atoms with Crippen molar-refractivity contribution < 1.29 is 48.3 Å². The highest BCUT2D eigenvalue weighted by Crippen LogP contribution is 2.38. The monoisotopic (exact) mass is 579 g/mol. The van der Waals surface area contributed by atoms with Gasteiger partial charge in [-0.3, -0.25) is 19.2 Å². The maximum atomic E-state index is 12.4. The highest BCUT2D eigenvalue weighted by Gasteiger charge is 2.26. The number of ether oxygens (including phenoxy) is 4. The Hall–Kier alpha value is -4.80. The van der Waals surface area contributed by atoms with Crippen LogP contribution in [0.15, 0.2) is 42.0 Å². The molecule has 4 rings (SSSR count). The van der Waals surface area contributed by atoms with E-state index in [1.807, 2.05) is 18.2 Å². The lowest BCUT2D eigenvalue weighted by Crippen LogP contribution is -2.25. The van der Waals surface area contributed by atoms with Crippen molar-refractivity contribution in [2.24, 2.45) is 0 Å². The number of carbonyl (C=O) groups excluding carboxylic acids is 2. The second-order valence-corrected chi connectivity index (χ2v) is 10.1. The quantitative estimate of drug-likeness (QED) is 0.299. The van der Waals surface area contributed by atoms with Crippen molar-refractivity contribution in [3.63, 3.8) is 0 Å². The number of nitrogens with zero attached hydrogens (tertiary/aromatic N) is 1. The van der Waals surface area contributed by atoms with Crippen LogP contribution in [0, 0.1) is 0 Å². The summed E-state index contributed by atoms with van der Waals surface area (Å²) in [4.78, 5) is 48.0. The third-order valence-electron chi connectivity index (χ3n) is 7.04. The maximum absolute atomic E-state index is 12.4. The first kappa shape index (κ1) is 30.2. The van der Waals surface area contributed by atoms with Gasteiger partial charge in [0.1, 0.15) is 13.2 Å². The summed E-state index contributed by atoms with van der Waals surface area (Å²) in [5.41, 5.74) is 4.70. The van der Waals surface area contributed by atoms with Crippen molar-refractivity contribution in [3.8, 4) is 23.0 Å². The molecule has 11 heteroatoms. The van der Waals surface area contributed by atoms with Crippen LogP contribution in [0.4, 0.5) is 0 Å². The number of methoxy groups -OCH3 is 2. The van der Waals surface area contributed by atoms with E-state index in [0.717, 1.165) is 22.3 Å². The number of hydrogen-bond donors (Lipinski definition) is 2. The molecule has 0 fully saturated rings. The first-order valence-electron chi connectivity index (χ1n) is 13.4. The Kier molecular flexibility index (Phi) is 9.51. The van der Waals surface area contributed by atoms with E-state index in [1.54, 1.807) is 17.0 Å². The smallest absolute Gasteiger partial charge is 0.303 e. The molecule has 0 atom stereocenters. The molecule has 1 aliphatic heterocycles. The molecule has 222 valence electrons. The SMILES string of the molecule is C=C(COc1cc2c(cc1OC)CC(C(=O)CCC(=O)O)=C2)COc1cc2c(cc1OC)CN(C(=O)CCC(=O)O)C2. The fraction of sp³-hybridized carbons (Fsp3) is 0.355. The maximum Gasteiger partial charge on any atom is 0.303 e. The van der Waals surface area contributed by atoms with E-state index >= 15 is 0 Å². The van der Waals surface area contributed by atoms with Crippen molar-refractivity contribution in [1.29, 1.82) is 0 Å². The molecule has 11 nitrogen and oxygen atoms in total. The van der Waals surface area contributed by atoms with Gasteiger partial charge in [-0.1, -0.05) is 6.58 Å². The van der Waals surface area contributed by atoms with Crippen molar-refractivity contribution in [1.82, 2.24) is 4.90 Å². The summed E-state index contributed by atoms with van der Waals surface area (Å²) in [5.74, 6) is -0.485. The number of carbonyl (C=O) groups is 4. The van der Waals surface area contributed by atoms with Crippen LogP contribution in [-0.2, 0) is 38.7 Å². The van der Waals surface area contributed by atoms with Gasteiger partial charge in [-0.05, 0) is 58.2 Å². The molecule has 42 heavy (non-hydrogen) atoms. The Morgan fingerprint density at radius 1 is 0.762 bits per heavy atom. The minimum Gasteiger partial charge on any atom is -0.493 e. The Morgan fingerprint density at radius 2 is 1.29 bits per heavy atom. The van der Waals surface area contributed by atoms with Gasteiger partial charge in [-0.2, -0.15) is 0 Å². The largest absolute Gasteiger partial charge is 0.493 e. The third-order valence-corrected chi connectivity index (χ3v) is 7.04. The number of amides is 1. The van der Waals surface area contributed by atoms with Gasteiger partial charge in [0, 0.05) is 37.9 Å². The number of benzene rings is 2. The van der Waals surface area contributed by atoms with Crippen molar-refractivity contribution >= 4 is 29.7 Å². The summed E-state index contributed by atoms with van der Waals surface area (Å²) < 4.78 is 22.9. The average molecular weight is 580 g/mol. The van der Waals surface area contributed by atoms with Crippen molar-refractivity contribution in [2.75, 3.05) is 27.4 Å². The van der Waals surface area contributed by atoms with Crippen LogP contribution in [0.1, 0.15) is 47.9 Å². The first-order valence-corrected chi connectivity index (χ1v) is 13.4. The van der Waals surface area contributed by atoms with Crippen LogP contribution in [0.25, 0.3) is 6.08 Å². The van der Waals surface area contributed by atoms with Gasteiger partial charge in [-0.25, -0.2) is 0 Å². The second-order valence-electron chi connectivity index (χ2n) is 10.1. The predicted molar refractivity (Wildman–Crippen MR) is 151 cm³/mol. The van der Waals surface area contributed by atoms with E-state index in [-0.39, 0.29) is 50.6 Å². The fourth-order valence-corrected chi connectivity index (χ4v) is 4.81. The lowest BCUT2D eigenvalue weighted by molar-refractivity contribution is -0.141. The number of allylic oxidation sites excluding steroid dienone is 1. The molecule has 1 aliphatic carbocycles. The summed E-state index contributed by atoms with van der Waals surface area (Å²) >= 11 is 0. The second kappa shape index (κ2) is 13.2. The van der Waals surface area contributed by atoms with Gasteiger partial charge >= 0.3 is 11.9 Å². The number of ketones is 1. The molecule has 2 aromatic carbocycles. The molecule has 0 saturated heterocycles. The molecule has 0 bridgehead atoms. The summed E-state index contributed by atoms with van der Waals surface area (Å²) in [7, 11) is 3.05. The number of hydrogen-bond acceptors (Lipinski definition) is 8. The zero-order valence-electron chi connectivity index (χ0n) is 23.6. The Bertz CT molecular complexity index is 1460. The molecular formula is C31H33NO10. The minimum atomic E-state index is -1.01. The summed E-state index contributed by atoms with van der Waals surface area (Å²) in [5, 5.41) is 17.7. The number of carboxylic acid groups (broad SMARTS) is 2. The lowest BCUT2D eigenvalue weighted by atomic mass is 10.0. The van der Waals surface area contributed by atoms with Crippen LogP contribution in [-0.4, -0.2) is 66.2 Å². The third kappa shape index (κ3) is 7.28. The molecule has 0 spiro atoms. The molecule has 0 saturated carbocycles. The van der Waals surface area contributed by atoms with Crippen molar-refractivity contribution in [2.45, 2.75) is 45.2 Å². The normalized spacial score (nSPS) is 13.1. The summed E-state index contributed by atoms with van der Waals surface area (Å²) in [6.07, 6.45) is 1.64. The predicted octanol–water partition coefficient (Wildman–Crippen LogP) is 3.80. The van der Waals surface area contributed by atoms with Gasteiger partial charge in [0.15, 0.2) is 28.8 Å². The van der Waals surface area contributed by atoms with Gasteiger partial charge in [0.25, 0.3) is 0 Å². The van der Waals surface area contributed by atoms with Crippen LogP contribution < -0.4 is 18.9 Å². The highest BCUT2D eigenvalue weighted by molar-refractivity contribution is 6.02. The van der Waals surface area contributed by atoms with Crippen LogP contribution in [0.2, 0.25) is 0 Å². The van der Waals surface area contributed by atoms with E-state index in [0.29, 0.717) is 53.7 Å². The molecule has 0 radical (unpaired) electrons. The highest BCUT2D eigenvalue weighted by atomic mass is 16.5. The fourth-order valence-electron chi connectivity index (χ4n) is 4.81. The van der Waals surface area contributed by atoms with E-state index in [9.17, 15) is 19.2 Å². The van der Waals surface area contributed by atoms with Crippen LogP contribution >= 0.6 is 0 Å². The first-order chi connectivity index (χ1) is 20.1. The van der Waals surface area contributed by atoms with Gasteiger partial charge < -0.3 is 34.1 Å². The lowest BCUT2D eigenvalue weighted by Gasteiger charge is -2.16. The number of aliphatic carboxylic acids is 2. The standard InChI is InChI=1S/C31H33NO10/c1-18(16-41-27-11-20-9-21(24(33)4-6-30(35)36)8-19(20)10-25(27)39-2)17-42-28-13-23-15-32(29(34)5-7-31(37)38)14-22(23)12-26(28)40-3/h9-13H,1,4-8,14-17H2,2-3H3,(H,35,36)(H,37,38). The zero-order chi connectivity index (χ0) is 30.4. The molecule has 2 aliphatic rings. The van der Waals surface area contributed by atoms with E-state index in [4.69, 9.17) is 29.2 Å². The van der Waals surface area contributed by atoms with Gasteiger partial charge in [0.05, 0.1) is 27.1 Å². The summed E-state index contributed by atoms with van der Waals surface area (Å²) in [6, 6.07) is 7.23. The minimum absolute atomic E-state index is 0.0480. The van der Waals surface area contributed by atoms with E-state index < -0.39 is 11.9 Å². The number of carboxylic acids is 2. The topological polar surface area (TPSA) is 149 Å². The molecule has 1 heterocycles. The number of fused-ring (bicyclic) bond motifs is 2. The van der Waals surface area contributed by atoms with Gasteiger partial charge in [0.2, 0.25) is 5.91 Å². The molecule has 2 aromatic rings. The zero-order valence-corrected chi connectivity index (χ0v) is 23.6. The van der Waals surface area contributed by atoms with E-state index in [2.05, 4.69) is 6.58 Å². The average Bonchev–Trinajstić information content (AvgIpc) is 3.58. The van der Waals surface area contributed by atoms with Crippen LogP contribution in [0.5, 0.6) is 23.0 Å². The van der Waals surface area contributed by atoms with Gasteiger partial charge in [-0.15, -0.1) is 0 Å². The van der Waals surface area contributed by atoms with Crippen molar-refractivity contribution in [3.05, 3.63) is 64.2 Å². The molecule has 2 N–H and O–H groups in total. The molecule has 0 unspecified atom stereocenters. The van der Waals surface area contributed by atoms with Crippen LogP contribution in [0.3, 0.4) is 0 Å². The molecule has 1 amide bonds. The molecular weight excluding hydrogens is 546 g/mol. The number of rotatable bonds is 15.